The largest absolute Gasteiger partial charge is 0.493 e. The molecule has 7 nitrogen and oxygen atoms in total. The second kappa shape index (κ2) is 9.09. The summed E-state index contributed by atoms with van der Waals surface area (Å²) in [4.78, 5) is 45.8. The quantitative estimate of drug-likeness (QED) is 0.259. The van der Waals surface area contributed by atoms with Gasteiger partial charge in [-0.1, -0.05) is 54.6 Å². The molecule has 0 spiro atoms. The summed E-state index contributed by atoms with van der Waals surface area (Å²) in [5.41, 5.74) is 2.82. The van der Waals surface area contributed by atoms with Crippen molar-refractivity contribution in [2.24, 2.45) is 11.8 Å². The number of rotatable bonds is 5. The zero-order valence-electron chi connectivity index (χ0n) is 22.0. The maximum Gasteiger partial charge on any atom is 0.240 e. The zero-order chi connectivity index (χ0) is 27.5. The minimum Gasteiger partial charge on any atom is -0.493 e. The molecular weight excluding hydrogens is 504 g/mol. The number of hydrogen-bond acceptors (Lipinski definition) is 6. The lowest BCUT2D eigenvalue weighted by atomic mass is 9.83. The number of methoxy groups -OCH3 is 2. The van der Waals surface area contributed by atoms with Gasteiger partial charge in [-0.05, 0) is 58.3 Å². The second-order valence-electron chi connectivity index (χ2n) is 10.3. The molecule has 4 aromatic carbocycles. The number of carbonyl (C=O) groups excluding carboxylic acids is 3. The Balaban J connectivity index is 1.36. The third kappa shape index (κ3) is 3.40. The van der Waals surface area contributed by atoms with Crippen molar-refractivity contribution in [1.29, 1.82) is 0 Å². The number of imide groups is 1. The number of anilines is 1. The smallest absolute Gasteiger partial charge is 0.240 e. The van der Waals surface area contributed by atoms with E-state index >= 15 is 0 Å². The molecule has 3 heterocycles. The standard InChI is InChI=1S/C33H26N2O5/c1-39-25-14-12-22(18-26(25)40-2)31(36)30-28-27(29-24-10-6-5-8-20(24)15-16-34(29)30)32(37)35(33(28)38)23-13-11-19-7-3-4-9-21(19)17-23/h3-18,27-30H,1-2H3/t27-,28+,29+,30-/m0/s1. The van der Waals surface area contributed by atoms with Crippen molar-refractivity contribution in [3.05, 3.63) is 108 Å². The number of carbonyl (C=O) groups is 3. The van der Waals surface area contributed by atoms with Gasteiger partial charge in [0.1, 0.15) is 6.04 Å². The van der Waals surface area contributed by atoms with Crippen LogP contribution in [0.1, 0.15) is 27.5 Å². The van der Waals surface area contributed by atoms with Crippen LogP contribution in [0, 0.1) is 11.8 Å². The lowest BCUT2D eigenvalue weighted by molar-refractivity contribution is -0.123. The highest BCUT2D eigenvalue weighted by Crippen LogP contribution is 2.54. The van der Waals surface area contributed by atoms with Crippen molar-refractivity contribution in [3.8, 4) is 11.5 Å². The maximum atomic E-state index is 14.2. The second-order valence-corrected chi connectivity index (χ2v) is 10.3. The van der Waals surface area contributed by atoms with Gasteiger partial charge in [-0.2, -0.15) is 0 Å². The minimum absolute atomic E-state index is 0.246. The molecule has 0 radical (unpaired) electrons. The predicted molar refractivity (Wildman–Crippen MR) is 151 cm³/mol. The first-order chi connectivity index (χ1) is 19.5. The molecule has 7 heteroatoms. The molecule has 2 amide bonds. The summed E-state index contributed by atoms with van der Waals surface area (Å²) in [7, 11) is 3.05. The molecule has 3 aliphatic rings. The summed E-state index contributed by atoms with van der Waals surface area (Å²) >= 11 is 0. The van der Waals surface area contributed by atoms with Gasteiger partial charge in [0, 0.05) is 11.8 Å². The molecular formula is C33H26N2O5. The van der Waals surface area contributed by atoms with Gasteiger partial charge in [0.2, 0.25) is 11.8 Å². The van der Waals surface area contributed by atoms with E-state index in [9.17, 15) is 14.4 Å². The molecule has 0 saturated carbocycles. The molecule has 198 valence electrons. The van der Waals surface area contributed by atoms with Crippen molar-refractivity contribution in [3.63, 3.8) is 0 Å². The number of ketones is 1. The normalized spacial score (nSPS) is 22.8. The van der Waals surface area contributed by atoms with Crippen molar-refractivity contribution >= 4 is 40.1 Å². The van der Waals surface area contributed by atoms with Crippen molar-refractivity contribution in [2.75, 3.05) is 19.1 Å². The van der Waals surface area contributed by atoms with E-state index in [1.165, 1.54) is 19.1 Å². The van der Waals surface area contributed by atoms with E-state index in [1.807, 2.05) is 77.8 Å². The summed E-state index contributed by atoms with van der Waals surface area (Å²) in [5.74, 6) is -1.52. The van der Waals surface area contributed by atoms with E-state index in [0.29, 0.717) is 22.7 Å². The average Bonchev–Trinajstić information content (AvgIpc) is 3.48. The first-order valence-electron chi connectivity index (χ1n) is 13.2. The van der Waals surface area contributed by atoms with Crippen molar-refractivity contribution in [2.45, 2.75) is 12.1 Å². The van der Waals surface area contributed by atoms with Gasteiger partial charge in [-0.15, -0.1) is 0 Å². The van der Waals surface area contributed by atoms with Crippen LogP contribution in [0.3, 0.4) is 0 Å². The van der Waals surface area contributed by atoms with Crippen LogP contribution in [-0.2, 0) is 9.59 Å². The molecule has 4 atom stereocenters. The Morgan fingerprint density at radius 2 is 1.48 bits per heavy atom. The molecule has 0 unspecified atom stereocenters. The summed E-state index contributed by atoms with van der Waals surface area (Å²) in [5, 5.41) is 1.95. The number of Topliss-reactive ketones (excluding diaryl/α,β-unsaturated/α-hetero) is 1. The summed E-state index contributed by atoms with van der Waals surface area (Å²) in [6, 6.07) is 24.9. The number of nitrogens with zero attached hydrogens (tertiary/aromatic N) is 2. The van der Waals surface area contributed by atoms with Gasteiger partial charge in [-0.25, -0.2) is 4.90 Å². The topological polar surface area (TPSA) is 76.2 Å². The van der Waals surface area contributed by atoms with Crippen LogP contribution in [0.2, 0.25) is 0 Å². The minimum atomic E-state index is -0.861. The molecule has 0 aromatic heterocycles. The number of ether oxygens (including phenoxy) is 2. The first kappa shape index (κ1) is 24.2. The highest BCUT2D eigenvalue weighted by atomic mass is 16.5. The molecule has 0 aliphatic carbocycles. The fraction of sp³-hybridized carbons (Fsp3) is 0.182. The molecule has 4 aromatic rings. The SMILES string of the molecule is COc1ccc(C(=O)[C@@H]2[C@@H]3C(=O)N(c4ccc5ccccc5c4)C(=O)[C@@H]3[C@H]3c4ccccc4C=CN23)cc1OC. The zero-order valence-corrected chi connectivity index (χ0v) is 22.0. The maximum absolute atomic E-state index is 14.2. The van der Waals surface area contributed by atoms with Crippen molar-refractivity contribution < 1.29 is 23.9 Å². The van der Waals surface area contributed by atoms with E-state index in [0.717, 1.165) is 21.9 Å². The number of fused-ring (bicyclic) bond motifs is 6. The number of benzene rings is 4. The van der Waals surface area contributed by atoms with E-state index in [1.54, 1.807) is 24.3 Å². The Hall–Kier alpha value is -4.91. The Bertz CT molecular complexity index is 1740. The highest BCUT2D eigenvalue weighted by Gasteiger charge is 2.64. The Kier molecular flexibility index (Phi) is 5.49. The highest BCUT2D eigenvalue weighted by molar-refractivity contribution is 6.25. The van der Waals surface area contributed by atoms with Crippen LogP contribution in [0.5, 0.6) is 11.5 Å². The first-order valence-corrected chi connectivity index (χ1v) is 13.2. The van der Waals surface area contributed by atoms with E-state index in [4.69, 9.17) is 9.47 Å². The monoisotopic (exact) mass is 530 g/mol. The van der Waals surface area contributed by atoms with Crippen LogP contribution in [0.25, 0.3) is 16.8 Å². The molecule has 7 rings (SSSR count). The molecule has 3 aliphatic heterocycles. The number of hydrogen-bond donors (Lipinski definition) is 0. The summed E-state index contributed by atoms with van der Waals surface area (Å²) in [6.07, 6.45) is 3.80. The fourth-order valence-corrected chi connectivity index (χ4v) is 6.59. The number of amides is 2. The van der Waals surface area contributed by atoms with Crippen LogP contribution in [-0.4, -0.2) is 42.8 Å². The van der Waals surface area contributed by atoms with E-state index in [2.05, 4.69) is 0 Å². The average molecular weight is 531 g/mol. The van der Waals surface area contributed by atoms with Crippen LogP contribution in [0.4, 0.5) is 5.69 Å². The third-order valence-electron chi connectivity index (χ3n) is 8.39. The van der Waals surface area contributed by atoms with E-state index in [-0.39, 0.29) is 17.6 Å². The molecule has 0 bridgehead atoms. The Morgan fingerprint density at radius 3 is 2.27 bits per heavy atom. The van der Waals surface area contributed by atoms with Gasteiger partial charge in [0.25, 0.3) is 0 Å². The molecule has 2 fully saturated rings. The third-order valence-corrected chi connectivity index (χ3v) is 8.39. The Morgan fingerprint density at radius 1 is 0.750 bits per heavy atom. The lowest BCUT2D eigenvalue weighted by Gasteiger charge is -2.35. The predicted octanol–water partition coefficient (Wildman–Crippen LogP) is 5.26. The van der Waals surface area contributed by atoms with Gasteiger partial charge in [0.05, 0.1) is 37.8 Å². The van der Waals surface area contributed by atoms with Gasteiger partial charge < -0.3 is 14.4 Å². The van der Waals surface area contributed by atoms with Crippen LogP contribution >= 0.6 is 0 Å². The van der Waals surface area contributed by atoms with Crippen LogP contribution in [0.15, 0.2) is 91.1 Å². The van der Waals surface area contributed by atoms with E-state index < -0.39 is 23.9 Å². The fourth-order valence-electron chi connectivity index (χ4n) is 6.59. The van der Waals surface area contributed by atoms with Crippen molar-refractivity contribution in [1.82, 2.24) is 4.90 Å². The Labute approximate surface area is 231 Å². The van der Waals surface area contributed by atoms with Crippen LogP contribution < -0.4 is 14.4 Å². The molecule has 2 saturated heterocycles. The molecule has 0 N–H and O–H groups in total. The lowest BCUT2D eigenvalue weighted by Crippen LogP contribution is -2.44. The summed E-state index contributed by atoms with van der Waals surface area (Å²) < 4.78 is 10.8. The van der Waals surface area contributed by atoms with Gasteiger partial charge in [-0.3, -0.25) is 14.4 Å². The van der Waals surface area contributed by atoms with Gasteiger partial charge >= 0.3 is 0 Å². The molecule has 40 heavy (non-hydrogen) atoms. The summed E-state index contributed by atoms with van der Waals surface area (Å²) in [6.45, 7) is 0. The van der Waals surface area contributed by atoms with Gasteiger partial charge in [0.15, 0.2) is 17.3 Å².